The minimum Gasteiger partial charge on any atom is -0.258 e. The highest BCUT2D eigenvalue weighted by Crippen LogP contribution is 2.23. The van der Waals surface area contributed by atoms with Crippen LogP contribution in [0.15, 0.2) is 24.3 Å². The molecule has 1 atom stereocenters. The summed E-state index contributed by atoms with van der Waals surface area (Å²) in [6.45, 7) is 6.79. The van der Waals surface area contributed by atoms with E-state index in [0.29, 0.717) is 5.92 Å². The van der Waals surface area contributed by atoms with Gasteiger partial charge in [0.2, 0.25) is 0 Å². The molecule has 0 saturated carbocycles. The monoisotopic (exact) mass is 263 g/mol. The fourth-order valence-electron chi connectivity index (χ4n) is 2.55. The van der Waals surface area contributed by atoms with Gasteiger partial charge in [-0.05, 0) is 36.7 Å². The molecule has 0 aliphatic heterocycles. The Hall–Kier alpha value is -1.38. The van der Waals surface area contributed by atoms with E-state index in [-0.39, 0.29) is 10.6 Å². The van der Waals surface area contributed by atoms with E-state index >= 15 is 0 Å². The fourth-order valence-corrected chi connectivity index (χ4v) is 2.55. The highest BCUT2D eigenvalue weighted by atomic mass is 16.6. The van der Waals surface area contributed by atoms with Crippen LogP contribution in [-0.2, 0) is 6.42 Å². The summed E-state index contributed by atoms with van der Waals surface area (Å²) in [6, 6.07) is 7.01. The van der Waals surface area contributed by atoms with Crippen LogP contribution in [0, 0.1) is 22.0 Å². The van der Waals surface area contributed by atoms with E-state index in [9.17, 15) is 10.1 Å². The lowest BCUT2D eigenvalue weighted by Gasteiger charge is -2.18. The number of nitro groups is 1. The summed E-state index contributed by atoms with van der Waals surface area (Å²) in [6.07, 6.45) is 5.80. The Labute approximate surface area is 116 Å². The van der Waals surface area contributed by atoms with Gasteiger partial charge >= 0.3 is 0 Å². The normalized spacial score (nSPS) is 12.6. The lowest BCUT2D eigenvalue weighted by molar-refractivity contribution is -0.384. The van der Waals surface area contributed by atoms with Gasteiger partial charge in [0.15, 0.2) is 0 Å². The Morgan fingerprint density at radius 1 is 1.26 bits per heavy atom. The smallest absolute Gasteiger partial charge is 0.258 e. The van der Waals surface area contributed by atoms with Crippen LogP contribution in [-0.4, -0.2) is 4.92 Å². The first-order chi connectivity index (χ1) is 9.06. The number of nitro benzene ring substituents is 1. The lowest BCUT2D eigenvalue weighted by Crippen LogP contribution is -2.06. The maximum atomic E-state index is 10.7. The van der Waals surface area contributed by atoms with Crippen LogP contribution >= 0.6 is 0 Å². The second-order valence-corrected chi connectivity index (χ2v) is 5.49. The van der Waals surface area contributed by atoms with Crippen LogP contribution in [0.3, 0.4) is 0 Å². The molecule has 3 heteroatoms. The van der Waals surface area contributed by atoms with Crippen LogP contribution in [0.4, 0.5) is 5.69 Å². The lowest BCUT2D eigenvalue weighted by atomic mass is 9.88. The van der Waals surface area contributed by atoms with Crippen molar-refractivity contribution in [3.63, 3.8) is 0 Å². The summed E-state index contributed by atoms with van der Waals surface area (Å²) in [7, 11) is 0. The quantitative estimate of drug-likeness (QED) is 0.490. The van der Waals surface area contributed by atoms with Crippen molar-refractivity contribution in [3.05, 3.63) is 39.9 Å². The van der Waals surface area contributed by atoms with Gasteiger partial charge in [-0.3, -0.25) is 10.1 Å². The van der Waals surface area contributed by atoms with Crippen LogP contribution in [0.5, 0.6) is 0 Å². The molecule has 0 N–H and O–H groups in total. The second kappa shape index (κ2) is 7.93. The molecule has 0 saturated heterocycles. The van der Waals surface area contributed by atoms with Crippen molar-refractivity contribution in [2.75, 3.05) is 0 Å². The molecule has 0 aliphatic carbocycles. The Kier molecular flexibility index (Phi) is 6.54. The molecule has 1 aromatic rings. The molecule has 0 heterocycles. The largest absolute Gasteiger partial charge is 0.269 e. The second-order valence-electron chi connectivity index (χ2n) is 5.49. The van der Waals surface area contributed by atoms with Crippen LogP contribution in [0.1, 0.15) is 52.0 Å². The van der Waals surface area contributed by atoms with Crippen molar-refractivity contribution in [1.29, 1.82) is 0 Å². The summed E-state index contributed by atoms with van der Waals surface area (Å²) in [4.78, 5) is 10.4. The van der Waals surface area contributed by atoms with E-state index in [2.05, 4.69) is 20.8 Å². The van der Waals surface area contributed by atoms with Crippen LogP contribution in [0.25, 0.3) is 0 Å². The van der Waals surface area contributed by atoms with Gasteiger partial charge in [-0.25, -0.2) is 0 Å². The van der Waals surface area contributed by atoms with Crippen molar-refractivity contribution in [3.8, 4) is 0 Å². The first kappa shape index (κ1) is 15.7. The Bertz CT molecular complexity index is 399. The first-order valence-corrected chi connectivity index (χ1v) is 7.30. The molecule has 1 unspecified atom stereocenters. The van der Waals surface area contributed by atoms with Crippen molar-refractivity contribution < 1.29 is 4.92 Å². The molecule has 0 aliphatic rings. The molecule has 0 fully saturated rings. The molecule has 1 aromatic carbocycles. The minimum absolute atomic E-state index is 0.199. The first-order valence-electron chi connectivity index (χ1n) is 7.30. The molecule has 106 valence electrons. The third-order valence-electron chi connectivity index (χ3n) is 3.94. The van der Waals surface area contributed by atoms with E-state index in [1.807, 2.05) is 6.07 Å². The predicted octanol–water partition coefficient (Wildman–Crippen LogP) is 4.99. The fraction of sp³-hybridized carbons (Fsp3) is 0.625. The zero-order valence-corrected chi connectivity index (χ0v) is 12.3. The van der Waals surface area contributed by atoms with E-state index < -0.39 is 0 Å². The molecular weight excluding hydrogens is 238 g/mol. The molecule has 3 nitrogen and oxygen atoms in total. The highest BCUT2D eigenvalue weighted by Gasteiger charge is 2.11. The standard InChI is InChI=1S/C16H25NO2/c1-4-14(5-2)11-13(3)9-10-15-7-6-8-16(12-15)17(18)19/h6-8,12-14H,4-5,9-11H2,1-3H3. The van der Waals surface area contributed by atoms with Crippen LogP contribution < -0.4 is 0 Å². The number of nitrogens with zero attached hydrogens (tertiary/aromatic N) is 1. The molecule has 0 amide bonds. The summed E-state index contributed by atoms with van der Waals surface area (Å²) >= 11 is 0. The zero-order valence-electron chi connectivity index (χ0n) is 12.3. The number of rotatable bonds is 8. The van der Waals surface area contributed by atoms with Gasteiger partial charge in [0, 0.05) is 12.1 Å². The summed E-state index contributed by atoms with van der Waals surface area (Å²) in [5.74, 6) is 1.50. The van der Waals surface area contributed by atoms with Crippen LogP contribution in [0.2, 0.25) is 0 Å². The van der Waals surface area contributed by atoms with Gasteiger partial charge in [-0.2, -0.15) is 0 Å². The van der Waals surface area contributed by atoms with Gasteiger partial charge in [-0.1, -0.05) is 45.7 Å². The molecule has 0 aromatic heterocycles. The third-order valence-corrected chi connectivity index (χ3v) is 3.94. The third kappa shape index (κ3) is 5.41. The summed E-state index contributed by atoms with van der Waals surface area (Å²) in [5.41, 5.74) is 1.27. The number of aryl methyl sites for hydroxylation is 1. The summed E-state index contributed by atoms with van der Waals surface area (Å²) < 4.78 is 0. The Balaban J connectivity index is 2.47. The molecule has 0 spiro atoms. The maximum Gasteiger partial charge on any atom is 0.269 e. The number of non-ortho nitro benzene ring substituents is 1. The molecule has 19 heavy (non-hydrogen) atoms. The van der Waals surface area contributed by atoms with Gasteiger partial charge in [0.05, 0.1) is 4.92 Å². The molecule has 1 rings (SSSR count). The van der Waals surface area contributed by atoms with E-state index in [1.165, 1.54) is 19.3 Å². The van der Waals surface area contributed by atoms with E-state index in [0.717, 1.165) is 24.3 Å². The number of hydrogen-bond acceptors (Lipinski definition) is 2. The van der Waals surface area contributed by atoms with E-state index in [1.54, 1.807) is 18.2 Å². The highest BCUT2D eigenvalue weighted by molar-refractivity contribution is 5.34. The van der Waals surface area contributed by atoms with Gasteiger partial charge in [-0.15, -0.1) is 0 Å². The Morgan fingerprint density at radius 2 is 1.95 bits per heavy atom. The number of hydrogen-bond donors (Lipinski definition) is 0. The van der Waals surface area contributed by atoms with E-state index in [4.69, 9.17) is 0 Å². The van der Waals surface area contributed by atoms with Crippen molar-refractivity contribution in [2.45, 2.75) is 52.9 Å². The topological polar surface area (TPSA) is 43.1 Å². The molecule has 0 bridgehead atoms. The average Bonchev–Trinajstić information content (AvgIpc) is 2.42. The average molecular weight is 263 g/mol. The minimum atomic E-state index is -0.322. The predicted molar refractivity (Wildman–Crippen MR) is 79.3 cm³/mol. The molecule has 0 radical (unpaired) electrons. The molecular formula is C16H25NO2. The van der Waals surface area contributed by atoms with Crippen molar-refractivity contribution >= 4 is 5.69 Å². The zero-order chi connectivity index (χ0) is 14.3. The van der Waals surface area contributed by atoms with Gasteiger partial charge in [0.25, 0.3) is 5.69 Å². The Morgan fingerprint density at radius 3 is 2.53 bits per heavy atom. The van der Waals surface area contributed by atoms with Gasteiger partial charge in [0.1, 0.15) is 0 Å². The SMILES string of the molecule is CCC(CC)CC(C)CCc1cccc([N+](=O)[O-])c1. The van der Waals surface area contributed by atoms with Crippen molar-refractivity contribution in [2.24, 2.45) is 11.8 Å². The number of benzene rings is 1. The van der Waals surface area contributed by atoms with Crippen molar-refractivity contribution in [1.82, 2.24) is 0 Å². The maximum absolute atomic E-state index is 10.7. The summed E-state index contributed by atoms with van der Waals surface area (Å²) in [5, 5.41) is 10.7. The van der Waals surface area contributed by atoms with Gasteiger partial charge < -0.3 is 0 Å².